The SMILES string of the molecule is O=S(CCCCCO)C1CCCCC1. The summed E-state index contributed by atoms with van der Waals surface area (Å²) in [4.78, 5) is 0. The Bertz CT molecular complexity index is 165. The summed E-state index contributed by atoms with van der Waals surface area (Å²) in [6.45, 7) is 0.274. The van der Waals surface area contributed by atoms with Crippen molar-refractivity contribution in [2.45, 2.75) is 56.6 Å². The zero-order valence-corrected chi connectivity index (χ0v) is 9.73. The maximum absolute atomic E-state index is 11.8. The predicted octanol–water partition coefficient (Wildman–Crippen LogP) is 2.23. The zero-order chi connectivity index (χ0) is 10.2. The Balaban J connectivity index is 2.07. The first kappa shape index (κ1) is 12.2. The molecule has 1 N–H and O–H groups in total. The van der Waals surface area contributed by atoms with Crippen LogP contribution >= 0.6 is 0 Å². The molecule has 0 amide bonds. The molecule has 0 radical (unpaired) electrons. The maximum atomic E-state index is 11.8. The van der Waals surface area contributed by atoms with Crippen LogP contribution in [0.4, 0.5) is 0 Å². The molecule has 1 unspecified atom stereocenters. The lowest BCUT2D eigenvalue weighted by Gasteiger charge is -2.20. The number of hydrogen-bond donors (Lipinski definition) is 1. The highest BCUT2D eigenvalue weighted by atomic mass is 32.2. The van der Waals surface area contributed by atoms with Crippen LogP contribution in [0.2, 0.25) is 0 Å². The summed E-state index contributed by atoms with van der Waals surface area (Å²) in [5.41, 5.74) is 0. The Labute approximate surface area is 89.6 Å². The monoisotopic (exact) mass is 218 g/mol. The average Bonchev–Trinajstić information content (AvgIpc) is 2.25. The van der Waals surface area contributed by atoms with Gasteiger partial charge in [0, 0.05) is 28.4 Å². The van der Waals surface area contributed by atoms with Gasteiger partial charge in [0.25, 0.3) is 0 Å². The van der Waals surface area contributed by atoms with Crippen LogP contribution in [0.3, 0.4) is 0 Å². The zero-order valence-electron chi connectivity index (χ0n) is 8.91. The fourth-order valence-corrected chi connectivity index (χ4v) is 3.71. The lowest BCUT2D eigenvalue weighted by molar-refractivity contribution is 0.284. The van der Waals surface area contributed by atoms with Crippen LogP contribution in [-0.4, -0.2) is 26.9 Å². The molecular weight excluding hydrogens is 196 g/mol. The molecule has 0 saturated heterocycles. The third kappa shape index (κ3) is 4.56. The highest BCUT2D eigenvalue weighted by molar-refractivity contribution is 7.85. The summed E-state index contributed by atoms with van der Waals surface area (Å²) in [7, 11) is -0.592. The van der Waals surface area contributed by atoms with Gasteiger partial charge in [-0.1, -0.05) is 25.7 Å². The molecular formula is C11H22O2S. The van der Waals surface area contributed by atoms with E-state index in [4.69, 9.17) is 5.11 Å². The van der Waals surface area contributed by atoms with Crippen LogP contribution in [-0.2, 0) is 10.8 Å². The van der Waals surface area contributed by atoms with Crippen molar-refractivity contribution in [3.8, 4) is 0 Å². The molecule has 1 aliphatic rings. The van der Waals surface area contributed by atoms with Gasteiger partial charge in [0.1, 0.15) is 0 Å². The van der Waals surface area contributed by atoms with Crippen LogP contribution in [0, 0.1) is 0 Å². The Kier molecular flexibility index (Phi) is 6.45. The summed E-state index contributed by atoms with van der Waals surface area (Å²) in [6, 6.07) is 0. The average molecular weight is 218 g/mol. The number of rotatable bonds is 6. The first-order valence-corrected chi connectivity index (χ1v) is 7.21. The van der Waals surface area contributed by atoms with E-state index in [1.807, 2.05) is 0 Å². The minimum Gasteiger partial charge on any atom is -0.396 e. The van der Waals surface area contributed by atoms with E-state index < -0.39 is 10.8 Å². The van der Waals surface area contributed by atoms with Crippen molar-refractivity contribution >= 4 is 10.8 Å². The first-order valence-electron chi connectivity index (χ1n) is 5.82. The van der Waals surface area contributed by atoms with Gasteiger partial charge < -0.3 is 5.11 Å². The number of aliphatic hydroxyl groups excluding tert-OH is 1. The van der Waals surface area contributed by atoms with E-state index in [0.717, 1.165) is 25.0 Å². The molecule has 84 valence electrons. The van der Waals surface area contributed by atoms with Crippen molar-refractivity contribution in [3.63, 3.8) is 0 Å². The summed E-state index contributed by atoms with van der Waals surface area (Å²) >= 11 is 0. The van der Waals surface area contributed by atoms with Gasteiger partial charge in [0.05, 0.1) is 0 Å². The quantitative estimate of drug-likeness (QED) is 0.694. The summed E-state index contributed by atoms with van der Waals surface area (Å²) in [6.07, 6.45) is 9.12. The van der Waals surface area contributed by atoms with Gasteiger partial charge in [-0.05, 0) is 25.7 Å². The maximum Gasteiger partial charge on any atom is 0.0431 e. The molecule has 14 heavy (non-hydrogen) atoms. The smallest absolute Gasteiger partial charge is 0.0431 e. The summed E-state index contributed by atoms with van der Waals surface area (Å²) in [5, 5.41) is 9.09. The van der Waals surface area contributed by atoms with Crippen molar-refractivity contribution in [3.05, 3.63) is 0 Å². The lowest BCUT2D eigenvalue weighted by Crippen LogP contribution is -2.20. The van der Waals surface area contributed by atoms with Gasteiger partial charge in [-0.25, -0.2) is 0 Å². The molecule has 3 heteroatoms. The molecule has 1 aliphatic carbocycles. The molecule has 1 rings (SSSR count). The Morgan fingerprint density at radius 1 is 1.07 bits per heavy atom. The molecule has 0 aromatic rings. The van der Waals surface area contributed by atoms with E-state index >= 15 is 0 Å². The molecule has 0 aromatic heterocycles. The highest BCUT2D eigenvalue weighted by Gasteiger charge is 2.18. The van der Waals surface area contributed by atoms with Crippen molar-refractivity contribution in [2.75, 3.05) is 12.4 Å². The molecule has 0 aliphatic heterocycles. The fraction of sp³-hybridized carbons (Fsp3) is 1.00. The molecule has 1 saturated carbocycles. The number of hydrogen-bond acceptors (Lipinski definition) is 2. The van der Waals surface area contributed by atoms with Crippen LogP contribution in [0.5, 0.6) is 0 Å². The summed E-state index contributed by atoms with van der Waals surface area (Å²) in [5.74, 6) is 0.852. The van der Waals surface area contributed by atoms with Crippen molar-refractivity contribution in [1.82, 2.24) is 0 Å². The van der Waals surface area contributed by atoms with E-state index in [1.54, 1.807) is 0 Å². The van der Waals surface area contributed by atoms with Crippen LogP contribution in [0.15, 0.2) is 0 Å². The molecule has 0 aromatic carbocycles. The third-order valence-corrected chi connectivity index (χ3v) is 4.83. The van der Waals surface area contributed by atoms with E-state index in [0.29, 0.717) is 5.25 Å². The molecule has 1 atom stereocenters. The van der Waals surface area contributed by atoms with Gasteiger partial charge in [-0.3, -0.25) is 4.21 Å². The molecule has 1 fully saturated rings. The predicted molar refractivity (Wildman–Crippen MR) is 60.8 cm³/mol. The third-order valence-electron chi connectivity index (χ3n) is 2.93. The molecule has 0 bridgehead atoms. The van der Waals surface area contributed by atoms with E-state index in [-0.39, 0.29) is 6.61 Å². The fourth-order valence-electron chi connectivity index (χ4n) is 2.03. The number of unbranched alkanes of at least 4 members (excludes halogenated alkanes) is 2. The van der Waals surface area contributed by atoms with Crippen molar-refractivity contribution in [2.24, 2.45) is 0 Å². The topological polar surface area (TPSA) is 37.3 Å². The molecule has 0 heterocycles. The van der Waals surface area contributed by atoms with Gasteiger partial charge in [-0.15, -0.1) is 0 Å². The second kappa shape index (κ2) is 7.41. The molecule has 2 nitrogen and oxygen atoms in total. The first-order chi connectivity index (χ1) is 6.84. The number of aliphatic hydroxyl groups is 1. The van der Waals surface area contributed by atoms with E-state index in [2.05, 4.69) is 0 Å². The second-order valence-corrected chi connectivity index (χ2v) is 5.97. The van der Waals surface area contributed by atoms with Crippen LogP contribution in [0.1, 0.15) is 51.4 Å². The largest absolute Gasteiger partial charge is 0.396 e. The second-order valence-electron chi connectivity index (χ2n) is 4.13. The van der Waals surface area contributed by atoms with Gasteiger partial charge >= 0.3 is 0 Å². The van der Waals surface area contributed by atoms with Crippen LogP contribution in [0.25, 0.3) is 0 Å². The minimum absolute atomic E-state index is 0.274. The van der Waals surface area contributed by atoms with Gasteiger partial charge in [0.2, 0.25) is 0 Å². The Hall–Kier alpha value is 0.110. The lowest BCUT2D eigenvalue weighted by atomic mass is 10.0. The van der Waals surface area contributed by atoms with Crippen molar-refractivity contribution in [1.29, 1.82) is 0 Å². The van der Waals surface area contributed by atoms with Gasteiger partial charge in [0.15, 0.2) is 0 Å². The minimum atomic E-state index is -0.592. The van der Waals surface area contributed by atoms with Crippen molar-refractivity contribution < 1.29 is 9.32 Å². The van der Waals surface area contributed by atoms with Crippen LogP contribution < -0.4 is 0 Å². The molecule has 0 spiro atoms. The normalized spacial score (nSPS) is 20.9. The Morgan fingerprint density at radius 2 is 1.79 bits per heavy atom. The standard InChI is InChI=1S/C11H22O2S/c12-9-5-2-6-10-14(13)11-7-3-1-4-8-11/h11-12H,1-10H2. The van der Waals surface area contributed by atoms with E-state index in [1.165, 1.54) is 32.1 Å². The highest BCUT2D eigenvalue weighted by Crippen LogP contribution is 2.22. The summed E-state index contributed by atoms with van der Waals surface area (Å²) < 4.78 is 11.8. The van der Waals surface area contributed by atoms with E-state index in [9.17, 15) is 4.21 Å². The van der Waals surface area contributed by atoms with Gasteiger partial charge in [-0.2, -0.15) is 0 Å². The Morgan fingerprint density at radius 3 is 2.43 bits per heavy atom.